The Morgan fingerprint density at radius 1 is 0.193 bits per heavy atom. The largest absolute Gasteiger partial charge is 0.340 e. The number of unbranched alkanes of at least 4 members (excludes halogenated alkanes) is 4. The summed E-state index contributed by atoms with van der Waals surface area (Å²) in [6.45, 7) is 23.0. The number of fused-ring (bicyclic) bond motifs is 9. The van der Waals surface area contributed by atoms with Crippen molar-refractivity contribution in [1.29, 1.82) is 0 Å². The van der Waals surface area contributed by atoms with Crippen LogP contribution in [-0.2, 0) is 45.3 Å². The van der Waals surface area contributed by atoms with E-state index >= 15 is 0 Å². The Morgan fingerprint density at radius 2 is 0.504 bits per heavy atom. The van der Waals surface area contributed by atoms with Crippen LogP contribution in [0.25, 0.3) is 201 Å². The van der Waals surface area contributed by atoms with Gasteiger partial charge in [0.1, 0.15) is 0 Å². The summed E-state index contributed by atoms with van der Waals surface area (Å²) in [5.41, 5.74) is 38.6. The predicted molar refractivity (Wildman–Crippen MR) is 571 cm³/mol. The summed E-state index contributed by atoms with van der Waals surface area (Å²) in [7, 11) is 0. The monoisotopic (exact) mass is 1760 g/mol. The highest BCUT2D eigenvalue weighted by Crippen LogP contribution is 2.45. The van der Waals surface area contributed by atoms with Gasteiger partial charge >= 0.3 is 0 Å². The van der Waals surface area contributed by atoms with Gasteiger partial charge in [0.25, 0.3) is 0 Å². The smallest absolute Gasteiger partial charge is 0.160 e. The number of aromatic nitrogens is 9. The molecule has 21 aromatic rings. The maximum absolute atomic E-state index is 5.14. The lowest BCUT2D eigenvalue weighted by Gasteiger charge is -2.16. The van der Waals surface area contributed by atoms with E-state index in [1.165, 1.54) is 178 Å². The average molecular weight is 1760 g/mol. The van der Waals surface area contributed by atoms with Gasteiger partial charge in [0.05, 0.1) is 50.7 Å². The quantitative estimate of drug-likeness (QED) is 0.0509. The first-order chi connectivity index (χ1) is 66.4. The zero-order valence-corrected chi connectivity index (χ0v) is 79.3. The minimum Gasteiger partial charge on any atom is -0.340 e. The van der Waals surface area contributed by atoms with Crippen molar-refractivity contribution in [2.45, 2.75) is 159 Å². The third kappa shape index (κ3) is 18.8. The van der Waals surface area contributed by atoms with Crippen molar-refractivity contribution in [3.63, 3.8) is 0 Å². The van der Waals surface area contributed by atoms with Crippen molar-refractivity contribution in [3.8, 4) is 135 Å². The van der Waals surface area contributed by atoms with Gasteiger partial charge in [-0.1, -0.05) is 332 Å². The molecule has 0 spiro atoms. The van der Waals surface area contributed by atoms with Crippen LogP contribution in [0.3, 0.4) is 0 Å². The van der Waals surface area contributed by atoms with E-state index in [9.17, 15) is 0 Å². The molecule has 0 radical (unpaired) electrons. The zero-order chi connectivity index (χ0) is 92.3. The SMILES string of the molecule is CCCCc1ccc2c(c1)c1cc(CCCC)cc(-c3ccc(-c4nc(-c5ccccc5)cc(-c5ccccc5)n4)cc3)c1n2CC.CCCCc1ccc2c(c1)c1cc(CCCC)cc(-c3cccc(-c4nc(-c5ccccc5)cc(-c5ccccc5)n4)c3)c1n2CC.CCn1c2ccccc2c2cccc(-c3cc(C)c(-c4nc(-c5ccccc5)cc(-c5ccccc5)n4)cc3C)c21. The molecule has 0 fully saturated rings. The van der Waals surface area contributed by atoms with E-state index in [1.807, 2.05) is 36.4 Å². The maximum atomic E-state index is 5.14. The minimum atomic E-state index is 0.737. The van der Waals surface area contributed by atoms with Crippen molar-refractivity contribution >= 4 is 65.4 Å². The van der Waals surface area contributed by atoms with Crippen LogP contribution in [0.1, 0.15) is 133 Å². The van der Waals surface area contributed by atoms with Crippen molar-refractivity contribution < 1.29 is 0 Å². The van der Waals surface area contributed by atoms with E-state index in [4.69, 9.17) is 29.9 Å². The Kier molecular flexibility index (Phi) is 27.1. The molecule has 0 saturated heterocycles. The molecule has 0 atom stereocenters. The average Bonchev–Trinajstić information content (AvgIpc) is 1.59. The Balaban J connectivity index is 0.000000130. The molecule has 0 aliphatic carbocycles. The number of hydrogen-bond donors (Lipinski definition) is 0. The summed E-state index contributed by atoms with van der Waals surface area (Å²) < 4.78 is 7.47. The standard InChI is InChI=1S/2C44H43N3.C38H31N3/c1-4-7-16-31-24-25-42-38(26-31)39-28-32(17-8-5-2)27-37(43(39)47(42)6-3)35-22-15-23-36(29-35)44-45-40(33-18-11-9-12-19-33)30-41(46-44)34-20-13-10-14-21-34;1-4-7-15-31-21-26-42-38(27-31)39-29-32(16-8-5-2)28-37(43(39)47(42)6-3)33-22-24-36(25-23-33)44-45-40(34-17-11-9-12-18-34)30-41(46-44)35-19-13-10-14-20-35;1-4-41-36-21-12-11-18-29(36)30-19-13-20-31(37(30)41)32-22-26(3)33(23-25(32)2)38-39-34(27-14-7-5-8-15-27)24-35(40-38)28-16-9-6-10-17-28/h9-15,18-30H,4-8,16-17H2,1-3H3;9-14,17-30H,4-8,15-16H2,1-3H3;5-24H,4H2,1-3H3. The summed E-state index contributed by atoms with van der Waals surface area (Å²) in [4.78, 5) is 30.6. The molecular formula is C126H117N9. The molecule has 9 nitrogen and oxygen atoms in total. The third-order valence-corrected chi connectivity index (χ3v) is 26.8. The van der Waals surface area contributed by atoms with Gasteiger partial charge in [-0.25, -0.2) is 29.9 Å². The number of nitrogens with zero attached hydrogens (tertiary/aromatic N) is 9. The van der Waals surface area contributed by atoms with E-state index in [2.05, 4.69) is 404 Å². The highest BCUT2D eigenvalue weighted by molar-refractivity contribution is 6.16. The number of para-hydroxylation sites is 2. The fourth-order valence-corrected chi connectivity index (χ4v) is 19.8. The van der Waals surface area contributed by atoms with Gasteiger partial charge in [-0.05, 0) is 221 Å². The molecule has 0 bridgehead atoms. The molecular weight excluding hydrogens is 1640 g/mol. The Labute approximate surface area is 795 Å². The second kappa shape index (κ2) is 41.0. The first kappa shape index (κ1) is 89.2. The lowest BCUT2D eigenvalue weighted by molar-refractivity contribution is 0.794. The Bertz CT molecular complexity index is 7590. The van der Waals surface area contributed by atoms with E-state index in [1.54, 1.807) is 0 Å². The molecule has 0 unspecified atom stereocenters. The molecule has 6 aromatic heterocycles. The molecule has 0 aliphatic rings. The van der Waals surface area contributed by atoms with Gasteiger partial charge < -0.3 is 13.7 Å². The molecule has 0 N–H and O–H groups in total. The van der Waals surface area contributed by atoms with Crippen LogP contribution in [0.5, 0.6) is 0 Å². The summed E-state index contributed by atoms with van der Waals surface area (Å²) >= 11 is 0. The Hall–Kier alpha value is -15.1. The number of aryl methyl sites for hydroxylation is 9. The van der Waals surface area contributed by atoms with Crippen molar-refractivity contribution in [2.24, 2.45) is 0 Å². The highest BCUT2D eigenvalue weighted by Gasteiger charge is 2.25. The minimum absolute atomic E-state index is 0.737. The Morgan fingerprint density at radius 3 is 0.919 bits per heavy atom. The first-order valence-electron chi connectivity index (χ1n) is 48.9. The first-order valence-corrected chi connectivity index (χ1v) is 48.9. The van der Waals surface area contributed by atoms with Crippen LogP contribution >= 0.6 is 0 Å². The lowest BCUT2D eigenvalue weighted by Crippen LogP contribution is -1.99. The van der Waals surface area contributed by atoms with Gasteiger partial charge in [0.15, 0.2) is 17.5 Å². The number of benzene rings is 15. The fraction of sp³-hybridized carbons (Fsp3) is 0.190. The topological polar surface area (TPSA) is 92.1 Å². The molecule has 15 aromatic carbocycles. The third-order valence-electron chi connectivity index (χ3n) is 26.8. The molecule has 9 heteroatoms. The molecule has 6 heterocycles. The van der Waals surface area contributed by atoms with Gasteiger partial charge in [-0.2, -0.15) is 0 Å². The molecule has 21 rings (SSSR count). The second-order valence-electron chi connectivity index (χ2n) is 35.9. The van der Waals surface area contributed by atoms with Gasteiger partial charge in [0.2, 0.25) is 0 Å². The molecule has 666 valence electrons. The van der Waals surface area contributed by atoms with Gasteiger partial charge in [-0.3, -0.25) is 0 Å². The van der Waals surface area contributed by atoms with E-state index in [-0.39, 0.29) is 0 Å². The van der Waals surface area contributed by atoms with Crippen LogP contribution in [-0.4, -0.2) is 43.6 Å². The fourth-order valence-electron chi connectivity index (χ4n) is 19.8. The molecule has 0 aliphatic heterocycles. The van der Waals surface area contributed by atoms with Crippen molar-refractivity contribution in [1.82, 2.24) is 43.6 Å². The van der Waals surface area contributed by atoms with Gasteiger partial charge in [0, 0.05) is 135 Å². The van der Waals surface area contributed by atoms with Gasteiger partial charge in [-0.15, -0.1) is 0 Å². The number of hydrogen-bond acceptors (Lipinski definition) is 6. The van der Waals surface area contributed by atoms with Crippen LogP contribution in [0.15, 0.2) is 364 Å². The van der Waals surface area contributed by atoms with Crippen LogP contribution in [0.4, 0.5) is 0 Å². The zero-order valence-electron chi connectivity index (χ0n) is 79.3. The predicted octanol–water partition coefficient (Wildman–Crippen LogP) is 33.8. The highest BCUT2D eigenvalue weighted by atomic mass is 15.0. The maximum Gasteiger partial charge on any atom is 0.160 e. The molecule has 0 saturated carbocycles. The van der Waals surface area contributed by atoms with Crippen LogP contribution in [0, 0.1) is 13.8 Å². The van der Waals surface area contributed by atoms with E-state index in [0.717, 1.165) is 153 Å². The van der Waals surface area contributed by atoms with E-state index < -0.39 is 0 Å². The molecule has 135 heavy (non-hydrogen) atoms. The van der Waals surface area contributed by atoms with Crippen LogP contribution < -0.4 is 0 Å². The van der Waals surface area contributed by atoms with Crippen LogP contribution in [0.2, 0.25) is 0 Å². The second-order valence-corrected chi connectivity index (χ2v) is 35.9. The summed E-state index contributed by atoms with van der Waals surface area (Å²) in [5.74, 6) is 2.22. The summed E-state index contributed by atoms with van der Waals surface area (Å²) in [5, 5.41) is 8.09. The lowest BCUT2D eigenvalue weighted by atomic mass is 9.93. The summed E-state index contributed by atoms with van der Waals surface area (Å²) in [6.07, 6.45) is 14.0. The normalized spacial score (nSPS) is 11.4. The van der Waals surface area contributed by atoms with Crippen molar-refractivity contribution in [3.05, 3.63) is 397 Å². The molecule has 0 amide bonds. The summed E-state index contributed by atoms with van der Waals surface area (Å²) in [6, 6.07) is 130. The van der Waals surface area contributed by atoms with Crippen molar-refractivity contribution in [2.75, 3.05) is 0 Å². The van der Waals surface area contributed by atoms with E-state index in [0.29, 0.717) is 0 Å². The number of rotatable bonds is 27.